The summed E-state index contributed by atoms with van der Waals surface area (Å²) in [7, 11) is 0. The SMILES string of the molecule is CC(NCC(O)c1ccsc1)c1ccnc(Cl)c1. The van der Waals surface area contributed by atoms with Crippen LogP contribution in [0.5, 0.6) is 0 Å². The molecule has 0 aliphatic heterocycles. The Morgan fingerprint density at radius 1 is 1.44 bits per heavy atom. The van der Waals surface area contributed by atoms with Crippen LogP contribution in [0.25, 0.3) is 0 Å². The zero-order valence-electron chi connectivity index (χ0n) is 10.0. The highest BCUT2D eigenvalue weighted by Crippen LogP contribution is 2.18. The smallest absolute Gasteiger partial charge is 0.129 e. The van der Waals surface area contributed by atoms with Crippen molar-refractivity contribution >= 4 is 22.9 Å². The Balaban J connectivity index is 1.90. The highest BCUT2D eigenvalue weighted by Gasteiger charge is 2.11. The first-order chi connectivity index (χ1) is 8.66. The molecule has 2 unspecified atom stereocenters. The normalized spacial score (nSPS) is 14.4. The molecule has 0 aliphatic carbocycles. The molecule has 18 heavy (non-hydrogen) atoms. The highest BCUT2D eigenvalue weighted by molar-refractivity contribution is 7.07. The van der Waals surface area contributed by atoms with Crippen LogP contribution in [0.15, 0.2) is 35.2 Å². The van der Waals surface area contributed by atoms with Crippen molar-refractivity contribution in [3.8, 4) is 0 Å². The lowest BCUT2D eigenvalue weighted by molar-refractivity contribution is 0.171. The van der Waals surface area contributed by atoms with E-state index >= 15 is 0 Å². The van der Waals surface area contributed by atoms with Crippen LogP contribution in [-0.4, -0.2) is 16.6 Å². The van der Waals surface area contributed by atoms with Crippen molar-refractivity contribution < 1.29 is 5.11 Å². The molecule has 2 atom stereocenters. The molecule has 96 valence electrons. The van der Waals surface area contributed by atoms with Gasteiger partial charge in [-0.2, -0.15) is 11.3 Å². The average molecular weight is 283 g/mol. The molecular formula is C13H15ClN2OS. The van der Waals surface area contributed by atoms with Gasteiger partial charge in [-0.15, -0.1) is 0 Å². The second-order valence-corrected chi connectivity index (χ2v) is 5.28. The van der Waals surface area contributed by atoms with E-state index in [1.165, 1.54) is 0 Å². The first kappa shape index (κ1) is 13.5. The number of aliphatic hydroxyl groups excluding tert-OH is 1. The fraction of sp³-hybridized carbons (Fsp3) is 0.308. The van der Waals surface area contributed by atoms with Crippen LogP contribution in [0, 0.1) is 0 Å². The van der Waals surface area contributed by atoms with Crippen LogP contribution in [-0.2, 0) is 0 Å². The van der Waals surface area contributed by atoms with Crippen molar-refractivity contribution in [1.82, 2.24) is 10.3 Å². The van der Waals surface area contributed by atoms with Crippen LogP contribution in [0.4, 0.5) is 0 Å². The molecule has 5 heteroatoms. The summed E-state index contributed by atoms with van der Waals surface area (Å²) in [6.45, 7) is 2.55. The van der Waals surface area contributed by atoms with Gasteiger partial charge in [0.2, 0.25) is 0 Å². The first-order valence-electron chi connectivity index (χ1n) is 5.72. The lowest BCUT2D eigenvalue weighted by Crippen LogP contribution is -2.24. The molecule has 2 aromatic rings. The van der Waals surface area contributed by atoms with E-state index in [1.807, 2.05) is 35.9 Å². The molecule has 2 rings (SSSR count). The summed E-state index contributed by atoms with van der Waals surface area (Å²) in [5.41, 5.74) is 2.01. The number of rotatable bonds is 5. The molecular weight excluding hydrogens is 268 g/mol. The van der Waals surface area contributed by atoms with Gasteiger partial charge in [0, 0.05) is 18.8 Å². The minimum atomic E-state index is -0.476. The number of nitrogens with one attached hydrogen (secondary N) is 1. The second-order valence-electron chi connectivity index (χ2n) is 4.11. The molecule has 0 spiro atoms. The summed E-state index contributed by atoms with van der Waals surface area (Å²) >= 11 is 7.43. The molecule has 0 aliphatic rings. The van der Waals surface area contributed by atoms with Gasteiger partial charge in [0.05, 0.1) is 6.10 Å². The summed E-state index contributed by atoms with van der Waals surface area (Å²) in [6, 6.07) is 5.81. The van der Waals surface area contributed by atoms with Gasteiger partial charge in [0.1, 0.15) is 5.15 Å². The lowest BCUT2D eigenvalue weighted by Gasteiger charge is -2.17. The average Bonchev–Trinajstić information content (AvgIpc) is 2.89. The third-order valence-corrected chi connectivity index (χ3v) is 3.70. The van der Waals surface area contributed by atoms with Gasteiger partial charge in [-0.1, -0.05) is 11.6 Å². The Morgan fingerprint density at radius 2 is 2.28 bits per heavy atom. The van der Waals surface area contributed by atoms with Gasteiger partial charge in [-0.25, -0.2) is 4.98 Å². The van der Waals surface area contributed by atoms with Crippen molar-refractivity contribution in [2.45, 2.75) is 19.1 Å². The van der Waals surface area contributed by atoms with E-state index in [9.17, 15) is 5.11 Å². The maximum Gasteiger partial charge on any atom is 0.129 e. The summed E-state index contributed by atoms with van der Waals surface area (Å²) in [4.78, 5) is 3.95. The molecule has 2 aromatic heterocycles. The van der Waals surface area contributed by atoms with Crippen molar-refractivity contribution in [2.24, 2.45) is 0 Å². The fourth-order valence-electron chi connectivity index (χ4n) is 1.68. The molecule has 2 N–H and O–H groups in total. The van der Waals surface area contributed by atoms with Crippen LogP contribution in [0.3, 0.4) is 0 Å². The molecule has 0 radical (unpaired) electrons. The van der Waals surface area contributed by atoms with E-state index in [4.69, 9.17) is 11.6 Å². The molecule has 0 fully saturated rings. The number of pyridine rings is 1. The van der Waals surface area contributed by atoms with Gasteiger partial charge < -0.3 is 10.4 Å². The summed E-state index contributed by atoms with van der Waals surface area (Å²) < 4.78 is 0. The summed E-state index contributed by atoms with van der Waals surface area (Å²) in [5.74, 6) is 0. The third kappa shape index (κ3) is 3.53. The van der Waals surface area contributed by atoms with Crippen molar-refractivity contribution in [1.29, 1.82) is 0 Å². The summed E-state index contributed by atoms with van der Waals surface area (Å²) in [5, 5.41) is 17.7. The Bertz CT molecular complexity index is 489. The largest absolute Gasteiger partial charge is 0.387 e. The number of aromatic nitrogens is 1. The minimum absolute atomic E-state index is 0.124. The Hall–Kier alpha value is -0.940. The predicted octanol–water partition coefficient (Wildman–Crippen LogP) is 3.18. The molecule has 0 aromatic carbocycles. The van der Waals surface area contributed by atoms with Crippen LogP contribution in [0.2, 0.25) is 5.15 Å². The van der Waals surface area contributed by atoms with Gasteiger partial charge in [0.25, 0.3) is 0 Å². The van der Waals surface area contributed by atoms with E-state index in [1.54, 1.807) is 17.5 Å². The van der Waals surface area contributed by atoms with Crippen molar-refractivity contribution in [3.63, 3.8) is 0 Å². The topological polar surface area (TPSA) is 45.1 Å². The highest BCUT2D eigenvalue weighted by atomic mass is 35.5. The van der Waals surface area contributed by atoms with Gasteiger partial charge in [0.15, 0.2) is 0 Å². The van der Waals surface area contributed by atoms with Gasteiger partial charge in [-0.3, -0.25) is 0 Å². The van der Waals surface area contributed by atoms with E-state index < -0.39 is 6.10 Å². The molecule has 0 saturated heterocycles. The number of thiophene rings is 1. The number of nitrogens with zero attached hydrogens (tertiary/aromatic N) is 1. The molecule has 0 bridgehead atoms. The molecule has 0 amide bonds. The van der Waals surface area contributed by atoms with E-state index in [0.29, 0.717) is 11.7 Å². The Labute approximate surface area is 115 Å². The van der Waals surface area contributed by atoms with Gasteiger partial charge >= 0.3 is 0 Å². The van der Waals surface area contributed by atoms with Crippen LogP contribution >= 0.6 is 22.9 Å². The number of hydrogen-bond donors (Lipinski definition) is 2. The second kappa shape index (κ2) is 6.29. The van der Waals surface area contributed by atoms with Crippen LogP contribution in [0.1, 0.15) is 30.2 Å². The zero-order chi connectivity index (χ0) is 13.0. The minimum Gasteiger partial charge on any atom is -0.387 e. The predicted molar refractivity (Wildman–Crippen MR) is 74.9 cm³/mol. The van der Waals surface area contributed by atoms with Crippen LogP contribution < -0.4 is 5.32 Å². The first-order valence-corrected chi connectivity index (χ1v) is 7.04. The van der Waals surface area contributed by atoms with E-state index in [0.717, 1.165) is 11.1 Å². The quantitative estimate of drug-likeness (QED) is 0.828. The molecule has 0 saturated carbocycles. The molecule has 2 heterocycles. The standard InChI is InChI=1S/C13H15ClN2OS/c1-9(10-2-4-15-13(14)6-10)16-7-12(17)11-3-5-18-8-11/h2-6,8-9,12,16-17H,7H2,1H3. The van der Waals surface area contributed by atoms with Crippen molar-refractivity contribution in [3.05, 3.63) is 51.4 Å². The Morgan fingerprint density at radius 3 is 2.94 bits per heavy atom. The number of halogens is 1. The zero-order valence-corrected chi connectivity index (χ0v) is 11.6. The van der Waals surface area contributed by atoms with Crippen molar-refractivity contribution in [2.75, 3.05) is 6.54 Å². The maximum atomic E-state index is 9.97. The fourth-order valence-corrected chi connectivity index (χ4v) is 2.56. The lowest BCUT2D eigenvalue weighted by atomic mass is 10.1. The number of aliphatic hydroxyl groups is 1. The number of hydrogen-bond acceptors (Lipinski definition) is 4. The monoisotopic (exact) mass is 282 g/mol. The maximum absolute atomic E-state index is 9.97. The van der Waals surface area contributed by atoms with E-state index in [2.05, 4.69) is 10.3 Å². The van der Waals surface area contributed by atoms with Gasteiger partial charge in [-0.05, 0) is 47.0 Å². The van der Waals surface area contributed by atoms with E-state index in [-0.39, 0.29) is 6.04 Å². The Kier molecular flexibility index (Phi) is 4.72. The third-order valence-electron chi connectivity index (χ3n) is 2.80. The summed E-state index contributed by atoms with van der Waals surface area (Å²) in [6.07, 6.45) is 1.21. The molecule has 3 nitrogen and oxygen atoms in total.